The summed E-state index contributed by atoms with van der Waals surface area (Å²) in [6.45, 7) is 2.82. The van der Waals surface area contributed by atoms with Gasteiger partial charge in [0.05, 0.1) is 17.1 Å². The molecule has 19 heavy (non-hydrogen) atoms. The van der Waals surface area contributed by atoms with E-state index in [9.17, 15) is 18.9 Å². The molecule has 5 nitrogen and oxygen atoms in total. The zero-order chi connectivity index (χ0) is 14.2. The Hall–Kier alpha value is -1.76. The number of hydrogen-bond donors (Lipinski definition) is 1. The van der Waals surface area contributed by atoms with E-state index >= 15 is 0 Å². The molecule has 1 saturated heterocycles. The molecule has 0 saturated carbocycles. The van der Waals surface area contributed by atoms with Gasteiger partial charge in [-0.25, -0.2) is 8.78 Å². The zero-order valence-corrected chi connectivity index (χ0v) is 10.5. The lowest BCUT2D eigenvalue weighted by Gasteiger charge is -2.21. The number of benzene rings is 1. The van der Waals surface area contributed by atoms with E-state index in [1.165, 1.54) is 0 Å². The topological polar surface area (TPSA) is 72.4 Å². The van der Waals surface area contributed by atoms with Crippen molar-refractivity contribution in [3.05, 3.63) is 33.9 Å². The Bertz CT molecular complexity index is 485. The molecule has 104 valence electrons. The highest BCUT2D eigenvalue weighted by Gasteiger charge is 2.30. The van der Waals surface area contributed by atoms with Gasteiger partial charge in [0, 0.05) is 19.1 Å². The van der Waals surface area contributed by atoms with E-state index in [2.05, 4.69) is 0 Å². The third-order valence-corrected chi connectivity index (χ3v) is 3.50. The minimum Gasteiger partial charge on any atom is -0.366 e. The number of rotatable bonds is 3. The van der Waals surface area contributed by atoms with Crippen LogP contribution in [0.3, 0.4) is 0 Å². The van der Waals surface area contributed by atoms with Crippen LogP contribution in [0.5, 0.6) is 0 Å². The fourth-order valence-corrected chi connectivity index (χ4v) is 2.38. The maximum atomic E-state index is 13.8. The van der Waals surface area contributed by atoms with Gasteiger partial charge in [0.1, 0.15) is 5.69 Å². The van der Waals surface area contributed by atoms with E-state index < -0.39 is 22.2 Å². The molecule has 2 rings (SSSR count). The van der Waals surface area contributed by atoms with Gasteiger partial charge in [0.25, 0.3) is 5.69 Å². The van der Waals surface area contributed by atoms with Crippen LogP contribution >= 0.6 is 0 Å². The minimum atomic E-state index is -0.906. The lowest BCUT2D eigenvalue weighted by molar-refractivity contribution is -0.385. The molecule has 1 aliphatic heterocycles. The van der Waals surface area contributed by atoms with Gasteiger partial charge < -0.3 is 10.6 Å². The van der Waals surface area contributed by atoms with Crippen molar-refractivity contribution in [1.82, 2.24) is 0 Å². The first-order valence-corrected chi connectivity index (χ1v) is 6.04. The molecule has 0 aliphatic carbocycles. The second-order valence-corrected chi connectivity index (χ2v) is 4.87. The van der Waals surface area contributed by atoms with Gasteiger partial charge >= 0.3 is 0 Å². The average molecular weight is 271 g/mol. The number of nitro groups is 1. The highest BCUT2D eigenvalue weighted by molar-refractivity contribution is 5.54. The molecule has 0 aromatic heterocycles. The summed E-state index contributed by atoms with van der Waals surface area (Å²) in [5.74, 6) is -1.64. The van der Waals surface area contributed by atoms with E-state index in [1.807, 2.05) is 6.92 Å². The van der Waals surface area contributed by atoms with Crippen LogP contribution in [0, 0.1) is 27.7 Å². The lowest BCUT2D eigenvalue weighted by atomic mass is 10.0. The molecule has 1 aliphatic rings. The number of nitro benzene ring substituents is 1. The second-order valence-electron chi connectivity index (χ2n) is 4.87. The van der Waals surface area contributed by atoms with Crippen LogP contribution in [0.15, 0.2) is 12.1 Å². The van der Waals surface area contributed by atoms with E-state index in [4.69, 9.17) is 5.73 Å². The summed E-state index contributed by atoms with van der Waals surface area (Å²) in [5.41, 5.74) is 4.99. The quantitative estimate of drug-likeness (QED) is 0.674. The summed E-state index contributed by atoms with van der Waals surface area (Å²) in [5, 5.41) is 10.5. The van der Waals surface area contributed by atoms with Crippen molar-refractivity contribution in [2.45, 2.75) is 19.4 Å². The van der Waals surface area contributed by atoms with E-state index in [1.54, 1.807) is 4.90 Å². The number of halogens is 2. The largest absolute Gasteiger partial charge is 0.366 e. The van der Waals surface area contributed by atoms with Crippen LogP contribution in [0.4, 0.5) is 20.2 Å². The zero-order valence-electron chi connectivity index (χ0n) is 10.5. The Labute approximate surface area is 109 Å². The molecule has 0 amide bonds. The van der Waals surface area contributed by atoms with Crippen molar-refractivity contribution < 1.29 is 13.7 Å². The fraction of sp³-hybridized carbons (Fsp3) is 0.500. The first-order chi connectivity index (χ1) is 8.90. The van der Waals surface area contributed by atoms with Gasteiger partial charge in [0.2, 0.25) is 0 Å². The van der Waals surface area contributed by atoms with Gasteiger partial charge in [-0.15, -0.1) is 0 Å². The first kappa shape index (κ1) is 13.7. The Morgan fingerprint density at radius 3 is 2.47 bits per heavy atom. The van der Waals surface area contributed by atoms with Crippen LogP contribution in [0.25, 0.3) is 0 Å². The molecular formula is C12H15F2N3O2. The monoisotopic (exact) mass is 271 g/mol. The molecule has 1 heterocycles. The Morgan fingerprint density at radius 1 is 1.47 bits per heavy atom. The summed E-state index contributed by atoms with van der Waals surface area (Å²) in [7, 11) is 0. The summed E-state index contributed by atoms with van der Waals surface area (Å²) < 4.78 is 27.7. The van der Waals surface area contributed by atoms with Crippen LogP contribution in [0.1, 0.15) is 13.3 Å². The second kappa shape index (κ2) is 5.08. The van der Waals surface area contributed by atoms with Crippen LogP contribution in [-0.2, 0) is 0 Å². The Kier molecular flexibility index (Phi) is 3.66. The summed E-state index contributed by atoms with van der Waals surface area (Å²) in [6, 6.07) is 1.45. The van der Waals surface area contributed by atoms with Crippen LogP contribution in [-0.4, -0.2) is 24.1 Å². The normalized spacial score (nSPS) is 20.6. The molecule has 0 radical (unpaired) electrons. The van der Waals surface area contributed by atoms with E-state index in [-0.39, 0.29) is 17.6 Å². The predicted molar refractivity (Wildman–Crippen MR) is 67.0 cm³/mol. The van der Waals surface area contributed by atoms with Crippen LogP contribution < -0.4 is 10.6 Å². The third-order valence-electron chi connectivity index (χ3n) is 3.50. The van der Waals surface area contributed by atoms with Gasteiger partial charge in [-0.2, -0.15) is 0 Å². The van der Waals surface area contributed by atoms with Crippen molar-refractivity contribution in [3.8, 4) is 0 Å². The maximum Gasteiger partial charge on any atom is 0.275 e. The van der Waals surface area contributed by atoms with Gasteiger partial charge in [0.15, 0.2) is 11.6 Å². The molecule has 2 atom stereocenters. The van der Waals surface area contributed by atoms with Gasteiger partial charge in [-0.05, 0) is 19.3 Å². The molecule has 2 N–H and O–H groups in total. The van der Waals surface area contributed by atoms with Crippen LogP contribution in [0.2, 0.25) is 0 Å². The van der Waals surface area contributed by atoms with Crippen molar-refractivity contribution in [3.63, 3.8) is 0 Å². The standard InChI is InChI=1S/C12H15F2N3O2/c1-7(15)8-2-3-16(6-8)12-10(13)4-9(17(18)19)5-11(12)14/h4-5,7-8H,2-3,6,15H2,1H3. The van der Waals surface area contributed by atoms with Crippen molar-refractivity contribution in [1.29, 1.82) is 0 Å². The SMILES string of the molecule is CC(N)C1CCN(c2c(F)cc([N+](=O)[O-])cc2F)C1. The highest BCUT2D eigenvalue weighted by Crippen LogP contribution is 2.32. The number of nitrogens with two attached hydrogens (primary N) is 1. The molecule has 7 heteroatoms. The van der Waals surface area contributed by atoms with Gasteiger partial charge in [-0.3, -0.25) is 10.1 Å². The molecule has 2 unspecified atom stereocenters. The number of anilines is 1. The van der Waals surface area contributed by atoms with Crippen molar-refractivity contribution >= 4 is 11.4 Å². The first-order valence-electron chi connectivity index (χ1n) is 6.04. The number of non-ortho nitro benzene ring substituents is 1. The Balaban J connectivity index is 2.29. The van der Waals surface area contributed by atoms with Crippen molar-refractivity contribution in [2.24, 2.45) is 11.7 Å². The lowest BCUT2D eigenvalue weighted by Crippen LogP contribution is -2.30. The predicted octanol–water partition coefficient (Wildman–Crippen LogP) is 2.05. The number of hydrogen-bond acceptors (Lipinski definition) is 4. The summed E-state index contributed by atoms with van der Waals surface area (Å²) in [6.07, 6.45) is 0.757. The molecular weight excluding hydrogens is 256 g/mol. The molecule has 1 aromatic rings. The van der Waals surface area contributed by atoms with Gasteiger partial charge in [-0.1, -0.05) is 0 Å². The fourth-order valence-electron chi connectivity index (χ4n) is 2.38. The smallest absolute Gasteiger partial charge is 0.275 e. The van der Waals surface area contributed by atoms with E-state index in [0.717, 1.165) is 18.6 Å². The van der Waals surface area contributed by atoms with E-state index in [0.29, 0.717) is 13.1 Å². The summed E-state index contributed by atoms with van der Waals surface area (Å²) >= 11 is 0. The third kappa shape index (κ3) is 2.65. The highest BCUT2D eigenvalue weighted by atomic mass is 19.1. The number of nitrogens with zero attached hydrogens (tertiary/aromatic N) is 2. The maximum absolute atomic E-state index is 13.8. The van der Waals surface area contributed by atoms with Crippen molar-refractivity contribution in [2.75, 3.05) is 18.0 Å². The molecule has 1 fully saturated rings. The molecule has 1 aromatic carbocycles. The minimum absolute atomic E-state index is 0.0471. The average Bonchev–Trinajstić information content (AvgIpc) is 2.77. The Morgan fingerprint density at radius 2 is 2.05 bits per heavy atom. The molecule has 0 spiro atoms. The summed E-state index contributed by atoms with van der Waals surface area (Å²) in [4.78, 5) is 11.3. The molecule has 0 bridgehead atoms.